The molecule has 1 aromatic rings. The van der Waals surface area contributed by atoms with E-state index < -0.39 is 10.0 Å². The Morgan fingerprint density at radius 2 is 1.82 bits per heavy atom. The van der Waals surface area contributed by atoms with Crippen molar-refractivity contribution in [2.75, 3.05) is 19.3 Å². The van der Waals surface area contributed by atoms with Gasteiger partial charge in [0.15, 0.2) is 0 Å². The first-order valence-electron chi connectivity index (χ1n) is 5.68. The lowest BCUT2D eigenvalue weighted by atomic mass is 9.90. The van der Waals surface area contributed by atoms with Crippen molar-refractivity contribution >= 4 is 26.0 Å². The summed E-state index contributed by atoms with van der Waals surface area (Å²) in [6.45, 7) is 1.26. The standard InChI is InChI=1S/C12H16BrNO2S/c1-17(15,16)14-8-6-10(7-9-14)11-4-2-3-5-12(11)13/h2-5,10H,6-9H2,1H3. The molecule has 0 aromatic heterocycles. The van der Waals surface area contributed by atoms with Gasteiger partial charge in [-0.3, -0.25) is 0 Å². The first kappa shape index (κ1) is 13.1. The molecule has 0 spiro atoms. The second-order valence-electron chi connectivity index (χ2n) is 4.46. The van der Waals surface area contributed by atoms with Gasteiger partial charge in [0.2, 0.25) is 10.0 Å². The van der Waals surface area contributed by atoms with Crippen LogP contribution in [0.15, 0.2) is 28.7 Å². The summed E-state index contributed by atoms with van der Waals surface area (Å²) in [5.41, 5.74) is 1.29. The average Bonchev–Trinajstić information content (AvgIpc) is 2.29. The van der Waals surface area contributed by atoms with Crippen LogP contribution in [0.25, 0.3) is 0 Å². The van der Waals surface area contributed by atoms with Crippen molar-refractivity contribution in [1.82, 2.24) is 4.31 Å². The fourth-order valence-corrected chi connectivity index (χ4v) is 3.79. The first-order valence-corrected chi connectivity index (χ1v) is 8.32. The lowest BCUT2D eigenvalue weighted by Gasteiger charge is -2.30. The maximum atomic E-state index is 11.4. The highest BCUT2D eigenvalue weighted by molar-refractivity contribution is 9.10. The van der Waals surface area contributed by atoms with Crippen molar-refractivity contribution < 1.29 is 8.42 Å². The third-order valence-corrected chi connectivity index (χ3v) is 5.29. The van der Waals surface area contributed by atoms with E-state index in [-0.39, 0.29) is 0 Å². The Balaban J connectivity index is 2.08. The third-order valence-electron chi connectivity index (χ3n) is 3.27. The molecule has 1 aliphatic heterocycles. The molecule has 1 aliphatic rings. The summed E-state index contributed by atoms with van der Waals surface area (Å²) in [6.07, 6.45) is 3.08. The predicted octanol–water partition coefficient (Wildman–Crippen LogP) is 2.59. The number of benzene rings is 1. The zero-order valence-corrected chi connectivity index (χ0v) is 12.2. The Morgan fingerprint density at radius 1 is 1.24 bits per heavy atom. The van der Waals surface area contributed by atoms with E-state index in [0.29, 0.717) is 19.0 Å². The summed E-state index contributed by atoms with van der Waals surface area (Å²) >= 11 is 3.55. The topological polar surface area (TPSA) is 37.4 Å². The van der Waals surface area contributed by atoms with Crippen molar-refractivity contribution in [3.8, 4) is 0 Å². The molecule has 0 aliphatic carbocycles. The molecule has 0 amide bonds. The van der Waals surface area contributed by atoms with Crippen molar-refractivity contribution in [2.24, 2.45) is 0 Å². The molecule has 2 rings (SSSR count). The Hall–Kier alpha value is -0.390. The van der Waals surface area contributed by atoms with Gasteiger partial charge < -0.3 is 0 Å². The van der Waals surface area contributed by atoms with E-state index in [1.165, 1.54) is 11.8 Å². The smallest absolute Gasteiger partial charge is 0.211 e. The van der Waals surface area contributed by atoms with E-state index in [1.54, 1.807) is 4.31 Å². The van der Waals surface area contributed by atoms with Crippen LogP contribution in [0.5, 0.6) is 0 Å². The number of rotatable bonds is 2. The quantitative estimate of drug-likeness (QED) is 0.840. The van der Waals surface area contributed by atoms with E-state index in [9.17, 15) is 8.42 Å². The second kappa shape index (κ2) is 5.08. The number of hydrogen-bond acceptors (Lipinski definition) is 2. The van der Waals surface area contributed by atoms with Crippen LogP contribution in [-0.2, 0) is 10.0 Å². The lowest BCUT2D eigenvalue weighted by molar-refractivity contribution is 0.321. The highest BCUT2D eigenvalue weighted by atomic mass is 79.9. The van der Waals surface area contributed by atoms with Gasteiger partial charge in [-0.15, -0.1) is 0 Å². The van der Waals surface area contributed by atoms with Crippen LogP contribution in [0.3, 0.4) is 0 Å². The number of piperidine rings is 1. The Kier molecular flexibility index (Phi) is 3.90. The van der Waals surface area contributed by atoms with Gasteiger partial charge in [-0.05, 0) is 30.4 Å². The molecule has 1 saturated heterocycles. The number of halogens is 1. The van der Waals surface area contributed by atoms with Crippen molar-refractivity contribution in [1.29, 1.82) is 0 Å². The number of nitrogens with zero attached hydrogens (tertiary/aromatic N) is 1. The van der Waals surface area contributed by atoms with Gasteiger partial charge in [0, 0.05) is 17.6 Å². The SMILES string of the molecule is CS(=O)(=O)N1CCC(c2ccccc2Br)CC1. The Bertz CT molecular complexity index is 493. The van der Waals surface area contributed by atoms with Gasteiger partial charge in [0.1, 0.15) is 0 Å². The van der Waals surface area contributed by atoms with Crippen LogP contribution in [-0.4, -0.2) is 32.1 Å². The molecule has 0 bridgehead atoms. The maximum absolute atomic E-state index is 11.4. The minimum Gasteiger partial charge on any atom is -0.213 e. The minimum atomic E-state index is -3.02. The van der Waals surface area contributed by atoms with Crippen LogP contribution in [0, 0.1) is 0 Å². The molecule has 3 nitrogen and oxygen atoms in total. The van der Waals surface area contributed by atoms with Crippen molar-refractivity contribution in [3.05, 3.63) is 34.3 Å². The molecule has 0 saturated carbocycles. The van der Waals surface area contributed by atoms with E-state index in [1.807, 2.05) is 18.2 Å². The molecule has 0 N–H and O–H groups in total. The first-order chi connectivity index (χ1) is 7.98. The van der Waals surface area contributed by atoms with E-state index in [0.717, 1.165) is 17.3 Å². The maximum Gasteiger partial charge on any atom is 0.211 e. The highest BCUT2D eigenvalue weighted by Crippen LogP contribution is 2.33. The predicted molar refractivity (Wildman–Crippen MR) is 72.5 cm³/mol. The zero-order chi connectivity index (χ0) is 12.5. The molecule has 1 aromatic carbocycles. The molecule has 94 valence electrons. The minimum absolute atomic E-state index is 0.462. The zero-order valence-electron chi connectivity index (χ0n) is 9.77. The largest absolute Gasteiger partial charge is 0.213 e. The van der Waals surface area contributed by atoms with E-state index in [2.05, 4.69) is 22.0 Å². The number of sulfonamides is 1. The van der Waals surface area contributed by atoms with Crippen LogP contribution in [0.2, 0.25) is 0 Å². The normalized spacial score (nSPS) is 19.4. The van der Waals surface area contributed by atoms with Crippen LogP contribution in [0.1, 0.15) is 24.3 Å². The monoisotopic (exact) mass is 317 g/mol. The lowest BCUT2D eigenvalue weighted by Crippen LogP contribution is -2.37. The Labute approximate surface area is 111 Å². The van der Waals surface area contributed by atoms with Gasteiger partial charge >= 0.3 is 0 Å². The molecule has 0 unspecified atom stereocenters. The summed E-state index contributed by atoms with van der Waals surface area (Å²) in [5, 5.41) is 0. The number of hydrogen-bond donors (Lipinski definition) is 0. The molecule has 1 fully saturated rings. The van der Waals surface area contributed by atoms with Gasteiger partial charge in [-0.2, -0.15) is 0 Å². The fourth-order valence-electron chi connectivity index (χ4n) is 2.30. The molecular formula is C12H16BrNO2S. The van der Waals surface area contributed by atoms with Crippen molar-refractivity contribution in [3.63, 3.8) is 0 Å². The molecule has 5 heteroatoms. The summed E-state index contributed by atoms with van der Waals surface area (Å²) in [7, 11) is -3.02. The van der Waals surface area contributed by atoms with E-state index in [4.69, 9.17) is 0 Å². The molecule has 0 radical (unpaired) electrons. The Morgan fingerprint density at radius 3 is 2.35 bits per heavy atom. The van der Waals surface area contributed by atoms with Gasteiger partial charge in [-0.1, -0.05) is 34.1 Å². The van der Waals surface area contributed by atoms with Crippen LogP contribution in [0.4, 0.5) is 0 Å². The highest BCUT2D eigenvalue weighted by Gasteiger charge is 2.26. The van der Waals surface area contributed by atoms with Crippen LogP contribution >= 0.6 is 15.9 Å². The van der Waals surface area contributed by atoms with Gasteiger partial charge in [0.25, 0.3) is 0 Å². The molecule has 0 atom stereocenters. The van der Waals surface area contributed by atoms with Gasteiger partial charge in [0.05, 0.1) is 6.26 Å². The van der Waals surface area contributed by atoms with Gasteiger partial charge in [-0.25, -0.2) is 12.7 Å². The fraction of sp³-hybridized carbons (Fsp3) is 0.500. The summed E-state index contributed by atoms with van der Waals surface area (Å²) in [6, 6.07) is 8.19. The molecule has 1 heterocycles. The summed E-state index contributed by atoms with van der Waals surface area (Å²) < 4.78 is 25.5. The van der Waals surface area contributed by atoms with Crippen molar-refractivity contribution in [2.45, 2.75) is 18.8 Å². The third kappa shape index (κ3) is 3.09. The van der Waals surface area contributed by atoms with Crippen LogP contribution < -0.4 is 0 Å². The molecule has 17 heavy (non-hydrogen) atoms. The molecular weight excluding hydrogens is 302 g/mol. The van der Waals surface area contributed by atoms with E-state index >= 15 is 0 Å². The second-order valence-corrected chi connectivity index (χ2v) is 7.29. The average molecular weight is 318 g/mol. The summed E-state index contributed by atoms with van der Waals surface area (Å²) in [4.78, 5) is 0. The summed E-state index contributed by atoms with van der Waals surface area (Å²) in [5.74, 6) is 0.462.